The van der Waals surface area contributed by atoms with E-state index in [2.05, 4.69) is 21.4 Å². The van der Waals surface area contributed by atoms with Gasteiger partial charge in [-0.3, -0.25) is 0 Å². The number of ether oxygens (including phenoxy) is 1. The smallest absolute Gasteiger partial charge is 0.228 e. The molecule has 4 rings (SSSR count). The molecule has 1 unspecified atom stereocenters. The second-order valence-electron chi connectivity index (χ2n) is 5.11. The highest BCUT2D eigenvalue weighted by Crippen LogP contribution is 2.28. The maximum Gasteiger partial charge on any atom is 0.228 e. The van der Waals surface area contributed by atoms with Crippen molar-refractivity contribution in [1.82, 2.24) is 19.8 Å². The maximum absolute atomic E-state index is 9.60. The van der Waals surface area contributed by atoms with Crippen LogP contribution in [0.2, 0.25) is 5.02 Å². The van der Waals surface area contributed by atoms with Gasteiger partial charge in [-0.2, -0.15) is 14.9 Å². The van der Waals surface area contributed by atoms with E-state index in [4.69, 9.17) is 16.3 Å². The minimum Gasteiger partial charge on any atom is -0.469 e. The number of aromatic nitrogens is 4. The normalized spacial score (nSPS) is 12.2. The summed E-state index contributed by atoms with van der Waals surface area (Å²) in [6.07, 6.45) is 0.630. The van der Waals surface area contributed by atoms with Gasteiger partial charge in [-0.25, -0.2) is 0 Å². The van der Waals surface area contributed by atoms with E-state index in [9.17, 15) is 5.26 Å². The molecule has 0 spiro atoms. The third-order valence-electron chi connectivity index (χ3n) is 3.62. The molecule has 0 aliphatic carbocycles. The predicted molar refractivity (Wildman–Crippen MR) is 88.7 cm³/mol. The summed E-state index contributed by atoms with van der Waals surface area (Å²) in [7, 11) is 0. The van der Waals surface area contributed by atoms with Crippen molar-refractivity contribution in [3.8, 4) is 11.8 Å². The van der Waals surface area contributed by atoms with E-state index in [-0.39, 0.29) is 0 Å². The predicted octanol–water partition coefficient (Wildman–Crippen LogP) is 3.57. The van der Waals surface area contributed by atoms with Crippen molar-refractivity contribution in [2.45, 2.75) is 6.10 Å². The van der Waals surface area contributed by atoms with Gasteiger partial charge in [0.1, 0.15) is 23.8 Å². The number of rotatable bonds is 3. The number of nitrogens with zero attached hydrogens (tertiary/aromatic N) is 5. The van der Waals surface area contributed by atoms with Crippen molar-refractivity contribution in [2.24, 2.45) is 0 Å². The van der Waals surface area contributed by atoms with Gasteiger partial charge in [0.25, 0.3) is 0 Å². The molecule has 116 valence electrons. The van der Waals surface area contributed by atoms with Gasteiger partial charge in [-0.15, -0.1) is 10.2 Å². The van der Waals surface area contributed by atoms with Crippen LogP contribution in [0.3, 0.4) is 0 Å². The SMILES string of the molecule is N#CC(Oc1ccc(Cl)cc1)c1nn2cnnc2c2ccccc12. The topological polar surface area (TPSA) is 76.1 Å². The molecule has 24 heavy (non-hydrogen) atoms. The van der Waals surface area contributed by atoms with Gasteiger partial charge in [0.05, 0.1) is 0 Å². The van der Waals surface area contributed by atoms with Crippen LogP contribution in [-0.2, 0) is 0 Å². The highest BCUT2D eigenvalue weighted by Gasteiger charge is 2.20. The number of fused-ring (bicyclic) bond motifs is 3. The van der Waals surface area contributed by atoms with Crippen LogP contribution in [0.5, 0.6) is 5.75 Å². The maximum atomic E-state index is 9.60. The lowest BCUT2D eigenvalue weighted by atomic mass is 10.1. The minimum absolute atomic E-state index is 0.510. The van der Waals surface area contributed by atoms with Crippen LogP contribution in [0.4, 0.5) is 0 Å². The summed E-state index contributed by atoms with van der Waals surface area (Å²) in [5.74, 6) is 0.542. The van der Waals surface area contributed by atoms with E-state index in [0.717, 1.165) is 10.8 Å². The highest BCUT2D eigenvalue weighted by molar-refractivity contribution is 6.30. The Bertz CT molecular complexity index is 1070. The van der Waals surface area contributed by atoms with E-state index in [0.29, 0.717) is 22.1 Å². The zero-order valence-corrected chi connectivity index (χ0v) is 13.1. The van der Waals surface area contributed by atoms with E-state index in [1.165, 1.54) is 6.33 Å². The monoisotopic (exact) mass is 335 g/mol. The van der Waals surface area contributed by atoms with Gasteiger partial charge in [0, 0.05) is 15.8 Å². The van der Waals surface area contributed by atoms with Crippen molar-refractivity contribution in [1.29, 1.82) is 5.26 Å². The number of halogens is 1. The van der Waals surface area contributed by atoms with Crippen LogP contribution in [0, 0.1) is 11.3 Å². The number of nitriles is 1. The van der Waals surface area contributed by atoms with Gasteiger partial charge in [-0.05, 0) is 24.3 Å². The molecule has 0 fully saturated rings. The average Bonchev–Trinajstić information content (AvgIpc) is 3.09. The fraction of sp³-hybridized carbons (Fsp3) is 0.0588. The first-order valence-electron chi connectivity index (χ1n) is 7.17. The first-order valence-corrected chi connectivity index (χ1v) is 7.54. The van der Waals surface area contributed by atoms with Crippen LogP contribution >= 0.6 is 11.6 Å². The van der Waals surface area contributed by atoms with Crippen molar-refractivity contribution in [3.05, 3.63) is 65.6 Å². The summed E-state index contributed by atoms with van der Waals surface area (Å²) in [5.41, 5.74) is 1.15. The van der Waals surface area contributed by atoms with Gasteiger partial charge in [0.2, 0.25) is 6.10 Å². The van der Waals surface area contributed by atoms with Gasteiger partial charge in [0.15, 0.2) is 5.65 Å². The van der Waals surface area contributed by atoms with Crippen molar-refractivity contribution < 1.29 is 4.74 Å². The van der Waals surface area contributed by atoms with E-state index in [1.54, 1.807) is 28.8 Å². The second kappa shape index (κ2) is 5.80. The van der Waals surface area contributed by atoms with Crippen molar-refractivity contribution in [3.63, 3.8) is 0 Å². The summed E-state index contributed by atoms with van der Waals surface area (Å²) in [6.45, 7) is 0. The first-order chi connectivity index (χ1) is 11.8. The lowest BCUT2D eigenvalue weighted by Crippen LogP contribution is -2.10. The Morgan fingerprint density at radius 2 is 1.83 bits per heavy atom. The van der Waals surface area contributed by atoms with Crippen LogP contribution < -0.4 is 4.74 Å². The molecular weight excluding hydrogens is 326 g/mol. The lowest BCUT2D eigenvalue weighted by Gasteiger charge is -2.14. The zero-order chi connectivity index (χ0) is 16.5. The third kappa shape index (κ3) is 2.41. The van der Waals surface area contributed by atoms with Crippen LogP contribution in [0.15, 0.2) is 54.9 Å². The molecule has 6 nitrogen and oxygen atoms in total. The van der Waals surface area contributed by atoms with E-state index >= 15 is 0 Å². The molecule has 0 aliphatic heterocycles. The average molecular weight is 336 g/mol. The Balaban J connectivity index is 1.86. The molecule has 0 saturated carbocycles. The second-order valence-corrected chi connectivity index (χ2v) is 5.55. The van der Waals surface area contributed by atoms with E-state index < -0.39 is 6.10 Å². The standard InChI is InChI=1S/C17H10ClN5O/c18-11-5-7-12(8-6-11)24-15(9-19)16-13-3-1-2-4-14(13)17-21-20-10-23(17)22-16/h1-8,10,15H. The van der Waals surface area contributed by atoms with Gasteiger partial charge < -0.3 is 4.74 Å². The van der Waals surface area contributed by atoms with Crippen LogP contribution in [0.1, 0.15) is 11.8 Å². The molecule has 0 radical (unpaired) electrons. The minimum atomic E-state index is -0.872. The Hall–Kier alpha value is -3.17. The molecule has 2 heterocycles. The molecule has 2 aromatic heterocycles. The number of benzene rings is 2. The quantitative estimate of drug-likeness (QED) is 0.572. The molecular formula is C17H10ClN5O. The van der Waals surface area contributed by atoms with E-state index in [1.807, 2.05) is 24.3 Å². The molecule has 0 aliphatic rings. The van der Waals surface area contributed by atoms with Gasteiger partial charge >= 0.3 is 0 Å². The molecule has 0 N–H and O–H groups in total. The summed E-state index contributed by atoms with van der Waals surface area (Å²) < 4.78 is 7.35. The molecule has 0 saturated heterocycles. The Kier molecular flexibility index (Phi) is 3.48. The molecule has 0 bridgehead atoms. The first kappa shape index (κ1) is 14.4. The molecule has 0 amide bonds. The van der Waals surface area contributed by atoms with Gasteiger partial charge in [-0.1, -0.05) is 35.9 Å². The summed E-state index contributed by atoms with van der Waals surface area (Å²) >= 11 is 5.88. The summed E-state index contributed by atoms with van der Waals surface area (Å²) in [5, 5.41) is 24.3. The van der Waals surface area contributed by atoms with Crippen molar-refractivity contribution in [2.75, 3.05) is 0 Å². The molecule has 1 atom stereocenters. The molecule has 2 aromatic carbocycles. The van der Waals surface area contributed by atoms with Crippen LogP contribution in [-0.4, -0.2) is 19.8 Å². The van der Waals surface area contributed by atoms with Crippen molar-refractivity contribution >= 4 is 28.0 Å². The Labute approximate surface area is 141 Å². The highest BCUT2D eigenvalue weighted by atomic mass is 35.5. The summed E-state index contributed by atoms with van der Waals surface area (Å²) in [4.78, 5) is 0. The molecule has 7 heteroatoms. The molecule has 4 aromatic rings. The number of hydrogen-bond acceptors (Lipinski definition) is 5. The fourth-order valence-corrected chi connectivity index (χ4v) is 2.66. The summed E-state index contributed by atoms with van der Waals surface area (Å²) in [6, 6.07) is 16.6. The fourth-order valence-electron chi connectivity index (χ4n) is 2.54. The lowest BCUT2D eigenvalue weighted by molar-refractivity contribution is 0.257. The third-order valence-corrected chi connectivity index (χ3v) is 3.88. The Morgan fingerprint density at radius 3 is 2.58 bits per heavy atom. The zero-order valence-electron chi connectivity index (χ0n) is 12.3. The number of hydrogen-bond donors (Lipinski definition) is 0. The largest absolute Gasteiger partial charge is 0.469 e. The Morgan fingerprint density at radius 1 is 1.08 bits per heavy atom. The van der Waals surface area contributed by atoms with Crippen LogP contribution in [0.25, 0.3) is 16.4 Å².